The third-order valence-corrected chi connectivity index (χ3v) is 6.04. The summed E-state index contributed by atoms with van der Waals surface area (Å²) in [6.07, 6.45) is 5.77. The minimum absolute atomic E-state index is 0.409. The van der Waals surface area contributed by atoms with Crippen LogP contribution in [-0.4, -0.2) is 15.6 Å². The molecular weight excluding hydrogens is 248 g/mol. The summed E-state index contributed by atoms with van der Waals surface area (Å²) in [6, 6.07) is 2.13. The van der Waals surface area contributed by atoms with Gasteiger partial charge in [-0.25, -0.2) is 0 Å². The lowest BCUT2D eigenvalue weighted by Gasteiger charge is -2.08. The number of hydrogen-bond acceptors (Lipinski definition) is 2. The van der Waals surface area contributed by atoms with Crippen LogP contribution < -0.4 is 0 Å². The van der Waals surface area contributed by atoms with E-state index in [4.69, 9.17) is 0 Å². The number of aromatic nitrogens is 2. The predicted molar refractivity (Wildman–Crippen MR) is 77.3 cm³/mol. The molecule has 3 aliphatic rings. The maximum Gasteiger partial charge on any atom is 0.142 e. The molecule has 3 aliphatic carbocycles. The van der Waals surface area contributed by atoms with Crippen molar-refractivity contribution in [3.8, 4) is 0 Å². The van der Waals surface area contributed by atoms with Crippen molar-refractivity contribution in [2.24, 2.45) is 29.6 Å². The lowest BCUT2D eigenvalue weighted by atomic mass is 9.97. The van der Waals surface area contributed by atoms with Gasteiger partial charge in [0.25, 0.3) is 0 Å². The highest BCUT2D eigenvalue weighted by Gasteiger charge is 2.66. The molecule has 3 fully saturated rings. The lowest BCUT2D eigenvalue weighted by molar-refractivity contribution is -0.120. The Balaban J connectivity index is 1.47. The number of hydrogen-bond donors (Lipinski definition) is 0. The van der Waals surface area contributed by atoms with Crippen molar-refractivity contribution in [2.45, 2.75) is 52.5 Å². The highest BCUT2D eigenvalue weighted by Crippen LogP contribution is 2.69. The fraction of sp³-hybridized carbons (Fsp3) is 0.765. The van der Waals surface area contributed by atoms with Crippen LogP contribution in [0, 0.1) is 29.6 Å². The Hall–Kier alpha value is -1.12. The normalized spacial score (nSPS) is 37.2. The number of carbonyl (C=O) groups excluding carboxylic acids is 1. The standard InChI is InChI=1S/C17H24N2O/c1-3-12-8-13(19(4-2)18-12)9-14(20)17-15-10-5-6-11(7-10)16(15)17/h8,10-11,15-17H,3-7,9H2,1-2H3. The van der Waals surface area contributed by atoms with Gasteiger partial charge in [0, 0.05) is 24.6 Å². The first-order valence-electron chi connectivity index (χ1n) is 8.31. The van der Waals surface area contributed by atoms with Gasteiger partial charge in [-0.15, -0.1) is 0 Å². The Labute approximate surface area is 120 Å². The molecule has 3 nitrogen and oxygen atoms in total. The largest absolute Gasteiger partial charge is 0.299 e. The molecule has 0 N–H and O–H groups in total. The Morgan fingerprint density at radius 3 is 2.60 bits per heavy atom. The molecule has 20 heavy (non-hydrogen) atoms. The van der Waals surface area contributed by atoms with E-state index in [0.717, 1.165) is 48.0 Å². The zero-order valence-corrected chi connectivity index (χ0v) is 12.5. The summed E-state index contributed by atoms with van der Waals surface area (Å²) >= 11 is 0. The number of aryl methyl sites for hydroxylation is 2. The second-order valence-corrected chi connectivity index (χ2v) is 6.95. The Bertz CT molecular complexity index is 531. The van der Waals surface area contributed by atoms with Crippen LogP contribution in [0.15, 0.2) is 6.07 Å². The van der Waals surface area contributed by atoms with Crippen molar-refractivity contribution in [3.63, 3.8) is 0 Å². The van der Waals surface area contributed by atoms with Crippen molar-refractivity contribution in [3.05, 3.63) is 17.5 Å². The first kappa shape index (κ1) is 12.6. The van der Waals surface area contributed by atoms with Crippen LogP contribution >= 0.6 is 0 Å². The van der Waals surface area contributed by atoms with Gasteiger partial charge in [-0.05, 0) is 62.3 Å². The Kier molecular flexibility index (Phi) is 2.80. The summed E-state index contributed by atoms with van der Waals surface area (Å²) in [4.78, 5) is 12.6. The van der Waals surface area contributed by atoms with E-state index < -0.39 is 0 Å². The summed E-state index contributed by atoms with van der Waals surface area (Å²) in [6.45, 7) is 5.09. The Morgan fingerprint density at radius 2 is 2.00 bits per heavy atom. The number of nitrogens with zero attached hydrogens (tertiary/aromatic N) is 2. The quantitative estimate of drug-likeness (QED) is 0.826. The van der Waals surface area contributed by atoms with E-state index in [2.05, 4.69) is 25.0 Å². The molecule has 108 valence electrons. The zero-order chi connectivity index (χ0) is 13.9. The van der Waals surface area contributed by atoms with Crippen molar-refractivity contribution in [1.82, 2.24) is 9.78 Å². The van der Waals surface area contributed by atoms with E-state index in [9.17, 15) is 4.79 Å². The van der Waals surface area contributed by atoms with E-state index in [-0.39, 0.29) is 0 Å². The van der Waals surface area contributed by atoms with Gasteiger partial charge in [-0.2, -0.15) is 5.10 Å². The second-order valence-electron chi connectivity index (χ2n) is 6.95. The molecular formula is C17H24N2O. The molecule has 1 heterocycles. The van der Waals surface area contributed by atoms with Gasteiger partial charge in [0.05, 0.1) is 5.69 Å². The van der Waals surface area contributed by atoms with Gasteiger partial charge >= 0.3 is 0 Å². The number of Topliss-reactive ketones (excluding diaryl/α,β-unsaturated/α-hetero) is 1. The molecule has 0 aliphatic heterocycles. The zero-order valence-electron chi connectivity index (χ0n) is 12.5. The number of fused-ring (bicyclic) bond motifs is 5. The molecule has 3 saturated carbocycles. The highest BCUT2D eigenvalue weighted by atomic mass is 16.1. The van der Waals surface area contributed by atoms with Gasteiger partial charge in [-0.3, -0.25) is 9.48 Å². The van der Waals surface area contributed by atoms with Gasteiger partial charge < -0.3 is 0 Å². The molecule has 1 aromatic heterocycles. The summed E-state index contributed by atoms with van der Waals surface area (Å²) in [5, 5.41) is 4.56. The molecule has 1 aromatic rings. The Morgan fingerprint density at radius 1 is 1.30 bits per heavy atom. The van der Waals surface area contributed by atoms with E-state index in [1.165, 1.54) is 19.3 Å². The van der Waals surface area contributed by atoms with Gasteiger partial charge in [0.15, 0.2) is 0 Å². The van der Waals surface area contributed by atoms with E-state index in [1.807, 2.05) is 4.68 Å². The number of ketones is 1. The highest BCUT2D eigenvalue weighted by molar-refractivity contribution is 5.86. The van der Waals surface area contributed by atoms with Gasteiger partial charge in [0.1, 0.15) is 5.78 Å². The molecule has 0 radical (unpaired) electrons. The predicted octanol–water partition coefficient (Wildman–Crippen LogP) is 2.87. The van der Waals surface area contributed by atoms with Crippen LogP contribution in [0.4, 0.5) is 0 Å². The first-order valence-corrected chi connectivity index (χ1v) is 8.31. The maximum absolute atomic E-state index is 12.6. The molecule has 4 rings (SSSR count). The molecule has 0 amide bonds. The number of carbonyl (C=O) groups is 1. The van der Waals surface area contributed by atoms with Gasteiger partial charge in [0.2, 0.25) is 0 Å². The summed E-state index contributed by atoms with van der Waals surface area (Å²) in [5.74, 6) is 4.22. The van der Waals surface area contributed by atoms with E-state index >= 15 is 0 Å². The SMILES string of the molecule is CCc1cc(CC(=O)C2C3C4CCC(C4)C23)n(CC)n1. The van der Waals surface area contributed by atoms with E-state index in [0.29, 0.717) is 18.1 Å². The molecule has 0 saturated heterocycles. The molecule has 0 spiro atoms. The topological polar surface area (TPSA) is 34.9 Å². The smallest absolute Gasteiger partial charge is 0.142 e. The van der Waals surface area contributed by atoms with Gasteiger partial charge in [-0.1, -0.05) is 6.92 Å². The molecule has 2 bridgehead atoms. The number of rotatable bonds is 5. The summed E-state index contributed by atoms with van der Waals surface area (Å²) in [7, 11) is 0. The van der Waals surface area contributed by atoms with Crippen molar-refractivity contribution in [2.75, 3.05) is 0 Å². The average Bonchev–Trinajstić information content (AvgIpc) is 2.79. The monoisotopic (exact) mass is 272 g/mol. The molecule has 4 unspecified atom stereocenters. The minimum Gasteiger partial charge on any atom is -0.299 e. The summed E-state index contributed by atoms with van der Waals surface area (Å²) < 4.78 is 2.02. The average molecular weight is 272 g/mol. The molecule has 3 heteroatoms. The first-order chi connectivity index (χ1) is 9.72. The lowest BCUT2D eigenvalue weighted by Crippen LogP contribution is -2.15. The fourth-order valence-electron chi connectivity index (χ4n) is 5.16. The van der Waals surface area contributed by atoms with Crippen LogP contribution in [0.3, 0.4) is 0 Å². The third kappa shape index (κ3) is 1.71. The van der Waals surface area contributed by atoms with E-state index in [1.54, 1.807) is 0 Å². The fourth-order valence-corrected chi connectivity index (χ4v) is 5.16. The molecule has 0 aromatic carbocycles. The third-order valence-electron chi connectivity index (χ3n) is 6.04. The maximum atomic E-state index is 12.6. The van der Waals surface area contributed by atoms with Crippen LogP contribution in [0.25, 0.3) is 0 Å². The van der Waals surface area contributed by atoms with Crippen molar-refractivity contribution < 1.29 is 4.79 Å². The van der Waals surface area contributed by atoms with Crippen LogP contribution in [-0.2, 0) is 24.2 Å². The second kappa shape index (κ2) is 4.44. The van der Waals surface area contributed by atoms with Crippen LogP contribution in [0.5, 0.6) is 0 Å². The molecule has 4 atom stereocenters. The van der Waals surface area contributed by atoms with Crippen molar-refractivity contribution in [1.29, 1.82) is 0 Å². The minimum atomic E-state index is 0.409. The van der Waals surface area contributed by atoms with Crippen LogP contribution in [0.1, 0.15) is 44.5 Å². The summed E-state index contributed by atoms with van der Waals surface area (Å²) in [5.41, 5.74) is 2.25. The van der Waals surface area contributed by atoms with Crippen molar-refractivity contribution >= 4 is 5.78 Å². The van der Waals surface area contributed by atoms with Crippen LogP contribution in [0.2, 0.25) is 0 Å².